The topological polar surface area (TPSA) is 57.7 Å². The minimum atomic E-state index is -2.89. The standard InChI is InChI=1S/C9H16N2O3S/c12-9(10-3-1-2-4-10)11-5-7-15(13,14)8-6-11/h1-8H2. The first-order valence-corrected chi connectivity index (χ1v) is 7.15. The molecule has 2 aliphatic heterocycles. The summed E-state index contributed by atoms with van der Waals surface area (Å²) in [7, 11) is -2.89. The number of carbonyl (C=O) groups is 1. The highest BCUT2D eigenvalue weighted by Crippen LogP contribution is 2.12. The Morgan fingerprint density at radius 2 is 1.33 bits per heavy atom. The van der Waals surface area contributed by atoms with Crippen molar-refractivity contribution in [1.29, 1.82) is 0 Å². The van der Waals surface area contributed by atoms with Crippen LogP contribution >= 0.6 is 0 Å². The van der Waals surface area contributed by atoms with Crippen LogP contribution in [-0.2, 0) is 9.84 Å². The number of amides is 2. The van der Waals surface area contributed by atoms with E-state index in [2.05, 4.69) is 0 Å². The number of hydrogen-bond donors (Lipinski definition) is 0. The van der Waals surface area contributed by atoms with Gasteiger partial charge in [0.15, 0.2) is 9.84 Å². The summed E-state index contributed by atoms with van der Waals surface area (Å²) >= 11 is 0. The number of nitrogens with zero attached hydrogens (tertiary/aromatic N) is 2. The van der Waals surface area contributed by atoms with Gasteiger partial charge in [-0.1, -0.05) is 0 Å². The Balaban J connectivity index is 1.92. The van der Waals surface area contributed by atoms with Crippen molar-refractivity contribution in [2.75, 3.05) is 37.7 Å². The number of rotatable bonds is 0. The molecule has 6 heteroatoms. The van der Waals surface area contributed by atoms with Crippen molar-refractivity contribution in [2.45, 2.75) is 12.8 Å². The number of sulfone groups is 1. The van der Waals surface area contributed by atoms with Gasteiger partial charge >= 0.3 is 6.03 Å². The molecule has 0 aromatic rings. The Bertz CT molecular complexity index is 332. The van der Waals surface area contributed by atoms with Crippen molar-refractivity contribution < 1.29 is 13.2 Å². The molecule has 0 aromatic heterocycles. The summed E-state index contributed by atoms with van der Waals surface area (Å²) in [6.07, 6.45) is 2.13. The van der Waals surface area contributed by atoms with Crippen LogP contribution < -0.4 is 0 Å². The van der Waals surface area contributed by atoms with E-state index in [1.807, 2.05) is 4.90 Å². The third kappa shape index (κ3) is 2.42. The largest absolute Gasteiger partial charge is 0.325 e. The van der Waals surface area contributed by atoms with Crippen LogP contribution in [-0.4, -0.2) is 61.9 Å². The van der Waals surface area contributed by atoms with Gasteiger partial charge in [-0.3, -0.25) is 0 Å². The van der Waals surface area contributed by atoms with Crippen LogP contribution in [0, 0.1) is 0 Å². The van der Waals surface area contributed by atoms with Crippen LogP contribution in [0.5, 0.6) is 0 Å². The third-order valence-corrected chi connectivity index (χ3v) is 4.60. The zero-order chi connectivity index (χ0) is 10.9. The fraction of sp³-hybridized carbons (Fsp3) is 0.889. The molecule has 2 heterocycles. The number of carbonyl (C=O) groups excluding carboxylic acids is 1. The Kier molecular flexibility index (Phi) is 2.86. The van der Waals surface area contributed by atoms with Crippen molar-refractivity contribution in [1.82, 2.24) is 9.80 Å². The van der Waals surface area contributed by atoms with E-state index in [9.17, 15) is 13.2 Å². The molecule has 2 saturated heterocycles. The molecular weight excluding hydrogens is 216 g/mol. The lowest BCUT2D eigenvalue weighted by atomic mass is 10.4. The number of likely N-dealkylation sites (tertiary alicyclic amines) is 1. The summed E-state index contributed by atoms with van der Waals surface area (Å²) in [4.78, 5) is 15.3. The predicted octanol–water partition coefficient (Wildman–Crippen LogP) is -0.0674. The minimum Gasteiger partial charge on any atom is -0.325 e. The summed E-state index contributed by atoms with van der Waals surface area (Å²) in [6.45, 7) is 2.36. The van der Waals surface area contributed by atoms with Gasteiger partial charge in [0, 0.05) is 26.2 Å². The first-order valence-electron chi connectivity index (χ1n) is 5.33. The molecule has 0 bridgehead atoms. The molecule has 2 rings (SSSR count). The molecule has 2 amide bonds. The summed E-state index contributed by atoms with van der Waals surface area (Å²) in [6, 6.07) is 0.0161. The van der Waals surface area contributed by atoms with Gasteiger partial charge < -0.3 is 9.80 Å². The first kappa shape index (κ1) is 10.7. The van der Waals surface area contributed by atoms with Crippen LogP contribution in [0.3, 0.4) is 0 Å². The van der Waals surface area contributed by atoms with Gasteiger partial charge in [0.05, 0.1) is 11.5 Å². The highest BCUT2D eigenvalue weighted by atomic mass is 32.2. The predicted molar refractivity (Wildman–Crippen MR) is 56.4 cm³/mol. The van der Waals surface area contributed by atoms with Gasteiger partial charge in [-0.25, -0.2) is 13.2 Å². The van der Waals surface area contributed by atoms with Crippen molar-refractivity contribution in [3.05, 3.63) is 0 Å². The van der Waals surface area contributed by atoms with E-state index in [1.165, 1.54) is 0 Å². The maximum absolute atomic E-state index is 11.9. The van der Waals surface area contributed by atoms with E-state index in [4.69, 9.17) is 0 Å². The van der Waals surface area contributed by atoms with Crippen molar-refractivity contribution >= 4 is 15.9 Å². The van der Waals surface area contributed by atoms with E-state index in [0.29, 0.717) is 13.1 Å². The molecule has 0 spiro atoms. The molecule has 0 radical (unpaired) electrons. The van der Waals surface area contributed by atoms with Crippen molar-refractivity contribution in [2.24, 2.45) is 0 Å². The Labute approximate surface area is 90.0 Å². The molecule has 0 saturated carbocycles. The van der Waals surface area contributed by atoms with Gasteiger partial charge in [-0.05, 0) is 12.8 Å². The lowest BCUT2D eigenvalue weighted by Gasteiger charge is -2.30. The van der Waals surface area contributed by atoms with Gasteiger partial charge in [-0.2, -0.15) is 0 Å². The fourth-order valence-corrected chi connectivity index (χ4v) is 3.21. The molecule has 86 valence electrons. The van der Waals surface area contributed by atoms with E-state index in [0.717, 1.165) is 25.9 Å². The normalized spacial score (nSPS) is 25.6. The zero-order valence-corrected chi connectivity index (χ0v) is 9.50. The maximum atomic E-state index is 11.9. The van der Waals surface area contributed by atoms with Crippen LogP contribution in [0.4, 0.5) is 4.79 Å². The van der Waals surface area contributed by atoms with Gasteiger partial charge in [0.1, 0.15) is 0 Å². The smallest absolute Gasteiger partial charge is 0.320 e. The second-order valence-corrected chi connectivity index (χ2v) is 6.42. The van der Waals surface area contributed by atoms with E-state index >= 15 is 0 Å². The second kappa shape index (κ2) is 4.00. The number of hydrogen-bond acceptors (Lipinski definition) is 3. The molecule has 15 heavy (non-hydrogen) atoms. The summed E-state index contributed by atoms with van der Waals surface area (Å²) in [5, 5.41) is 0. The van der Waals surface area contributed by atoms with Gasteiger partial charge in [-0.15, -0.1) is 0 Å². The van der Waals surface area contributed by atoms with Crippen LogP contribution in [0.1, 0.15) is 12.8 Å². The fourth-order valence-electron chi connectivity index (χ4n) is 2.01. The van der Waals surface area contributed by atoms with Gasteiger partial charge in [0.25, 0.3) is 0 Å². The molecule has 0 aliphatic carbocycles. The third-order valence-electron chi connectivity index (χ3n) is 2.99. The zero-order valence-electron chi connectivity index (χ0n) is 8.68. The van der Waals surface area contributed by atoms with E-state index in [1.54, 1.807) is 4.90 Å². The lowest BCUT2D eigenvalue weighted by Crippen LogP contribution is -2.49. The maximum Gasteiger partial charge on any atom is 0.320 e. The summed E-state index contributed by atoms with van der Waals surface area (Å²) < 4.78 is 22.4. The quantitative estimate of drug-likeness (QED) is 0.587. The minimum absolute atomic E-state index is 0.0161. The summed E-state index contributed by atoms with van der Waals surface area (Å²) in [5.74, 6) is 0.235. The Hall–Kier alpha value is -0.780. The molecule has 0 aromatic carbocycles. The van der Waals surface area contributed by atoms with Crippen LogP contribution in [0.25, 0.3) is 0 Å². The average molecular weight is 232 g/mol. The lowest BCUT2D eigenvalue weighted by molar-refractivity contribution is 0.166. The Morgan fingerprint density at radius 1 is 0.867 bits per heavy atom. The second-order valence-electron chi connectivity index (χ2n) is 4.12. The molecule has 0 unspecified atom stereocenters. The van der Waals surface area contributed by atoms with Crippen molar-refractivity contribution in [3.8, 4) is 0 Å². The van der Waals surface area contributed by atoms with Gasteiger partial charge in [0.2, 0.25) is 0 Å². The van der Waals surface area contributed by atoms with Crippen LogP contribution in [0.15, 0.2) is 0 Å². The molecular formula is C9H16N2O3S. The van der Waals surface area contributed by atoms with Crippen molar-refractivity contribution in [3.63, 3.8) is 0 Å². The molecule has 5 nitrogen and oxygen atoms in total. The molecule has 0 N–H and O–H groups in total. The first-order chi connectivity index (χ1) is 7.08. The highest BCUT2D eigenvalue weighted by molar-refractivity contribution is 7.91. The molecule has 0 atom stereocenters. The molecule has 2 aliphatic rings. The van der Waals surface area contributed by atoms with E-state index in [-0.39, 0.29) is 17.5 Å². The molecule has 2 fully saturated rings. The average Bonchev–Trinajstić information content (AvgIpc) is 2.69. The Morgan fingerprint density at radius 3 is 1.87 bits per heavy atom. The van der Waals surface area contributed by atoms with Crippen LogP contribution in [0.2, 0.25) is 0 Å². The van der Waals surface area contributed by atoms with E-state index < -0.39 is 9.84 Å². The number of urea groups is 1. The monoisotopic (exact) mass is 232 g/mol. The SMILES string of the molecule is O=C(N1CCCC1)N1CCS(=O)(=O)CC1. The summed E-state index contributed by atoms with van der Waals surface area (Å²) in [5.41, 5.74) is 0. The highest BCUT2D eigenvalue weighted by Gasteiger charge is 2.28.